The second kappa shape index (κ2) is 12.5. The van der Waals surface area contributed by atoms with Gasteiger partial charge < -0.3 is 9.32 Å². The fourth-order valence-electron chi connectivity index (χ4n) is 7.37. The van der Waals surface area contributed by atoms with Crippen molar-refractivity contribution in [2.24, 2.45) is 0 Å². The fraction of sp³-hybridized carbons (Fsp3) is 0. The molecule has 0 bridgehead atoms. The van der Waals surface area contributed by atoms with Crippen molar-refractivity contribution in [1.82, 2.24) is 0 Å². The molecule has 1 heterocycles. The first-order valence-corrected chi connectivity index (χ1v) is 17.3. The molecule has 0 aliphatic carbocycles. The quantitative estimate of drug-likeness (QED) is 0.164. The highest BCUT2D eigenvalue weighted by Crippen LogP contribution is 2.41. The van der Waals surface area contributed by atoms with Crippen molar-refractivity contribution in [3.8, 4) is 33.4 Å². The Bertz CT molecular complexity index is 3150. The molecule has 0 unspecified atom stereocenters. The Labute approximate surface area is 309 Å². The first kappa shape index (κ1) is 25.1. The van der Waals surface area contributed by atoms with Gasteiger partial charge in [-0.15, -0.1) is 0 Å². The van der Waals surface area contributed by atoms with Gasteiger partial charge in [-0.25, -0.2) is 0 Å². The molecule has 0 aliphatic heterocycles. The van der Waals surface area contributed by atoms with Crippen molar-refractivity contribution in [3.05, 3.63) is 200 Å². The lowest BCUT2D eigenvalue weighted by atomic mass is 9.99. The Morgan fingerprint density at radius 3 is 1.77 bits per heavy atom. The molecule has 0 amide bonds. The normalized spacial score (nSPS) is 12.8. The molecule has 0 saturated carbocycles. The molecular formula is C50H33NO. The van der Waals surface area contributed by atoms with Crippen molar-refractivity contribution in [2.75, 3.05) is 4.90 Å². The van der Waals surface area contributed by atoms with Crippen LogP contribution in [0.1, 0.15) is 6.85 Å². The molecule has 2 nitrogen and oxygen atoms in total. The number of hydrogen-bond acceptors (Lipinski definition) is 2. The monoisotopic (exact) mass is 668 g/mol. The summed E-state index contributed by atoms with van der Waals surface area (Å²) in [5.74, 6) is 0. The molecule has 9 aromatic carbocycles. The van der Waals surface area contributed by atoms with E-state index >= 15 is 0 Å². The zero-order valence-corrected chi connectivity index (χ0v) is 28.0. The lowest BCUT2D eigenvalue weighted by Crippen LogP contribution is -2.09. The van der Waals surface area contributed by atoms with Crippen molar-refractivity contribution < 1.29 is 11.3 Å². The lowest BCUT2D eigenvalue weighted by Gasteiger charge is -2.26. The first-order valence-electron chi connectivity index (χ1n) is 19.8. The molecule has 2 heteroatoms. The molecule has 0 fully saturated rings. The molecule has 0 atom stereocenters. The van der Waals surface area contributed by atoms with E-state index in [-0.39, 0.29) is 29.7 Å². The maximum absolute atomic E-state index is 8.55. The van der Waals surface area contributed by atoms with E-state index < -0.39 is 6.04 Å². The third-order valence-electron chi connectivity index (χ3n) is 9.94. The van der Waals surface area contributed by atoms with Crippen LogP contribution in [0.25, 0.3) is 76.9 Å². The van der Waals surface area contributed by atoms with Gasteiger partial charge in [0, 0.05) is 33.4 Å². The van der Waals surface area contributed by atoms with E-state index in [0.29, 0.717) is 5.56 Å². The van der Waals surface area contributed by atoms with E-state index in [4.69, 9.17) is 11.3 Å². The lowest BCUT2D eigenvalue weighted by molar-refractivity contribution is 0.670. The van der Waals surface area contributed by atoms with Crippen LogP contribution in [0.3, 0.4) is 0 Å². The minimum Gasteiger partial charge on any atom is -0.455 e. The number of nitrogens with zero attached hydrogens (tertiary/aromatic N) is 1. The minimum absolute atomic E-state index is 0.180. The van der Waals surface area contributed by atoms with Crippen LogP contribution < -0.4 is 4.90 Å². The summed E-state index contributed by atoms with van der Waals surface area (Å²) in [5, 5.41) is 6.75. The molecule has 0 N–H and O–H groups in total. The molecule has 10 aromatic rings. The summed E-state index contributed by atoms with van der Waals surface area (Å²) in [6, 6.07) is 56.7. The molecule has 52 heavy (non-hydrogen) atoms. The van der Waals surface area contributed by atoms with Crippen LogP contribution in [-0.4, -0.2) is 0 Å². The van der Waals surface area contributed by atoms with Crippen molar-refractivity contribution >= 4 is 60.5 Å². The van der Waals surface area contributed by atoms with Gasteiger partial charge in [-0.1, -0.05) is 152 Å². The van der Waals surface area contributed by atoms with Crippen LogP contribution in [0.2, 0.25) is 0 Å². The Kier molecular flexibility index (Phi) is 6.01. The van der Waals surface area contributed by atoms with Crippen LogP contribution in [-0.2, 0) is 0 Å². The molecule has 0 aliphatic rings. The van der Waals surface area contributed by atoms with Gasteiger partial charge in [-0.3, -0.25) is 0 Å². The second-order valence-corrected chi connectivity index (χ2v) is 13.0. The number of benzene rings is 9. The third-order valence-corrected chi connectivity index (χ3v) is 9.94. The van der Waals surface area contributed by atoms with E-state index in [1.807, 2.05) is 42.5 Å². The van der Waals surface area contributed by atoms with Crippen molar-refractivity contribution in [3.63, 3.8) is 0 Å². The fourth-order valence-corrected chi connectivity index (χ4v) is 7.37. The number of rotatable bonds is 6. The van der Waals surface area contributed by atoms with Crippen molar-refractivity contribution in [1.29, 1.82) is 0 Å². The van der Waals surface area contributed by atoms with Gasteiger partial charge in [0.15, 0.2) is 0 Å². The van der Waals surface area contributed by atoms with Gasteiger partial charge in [0.2, 0.25) is 0 Å². The highest BCUT2D eigenvalue weighted by molar-refractivity contribution is 6.11. The molecule has 0 spiro atoms. The molecule has 0 radical (unpaired) electrons. The maximum Gasteiger partial charge on any atom is 0.143 e. The molecule has 244 valence electrons. The summed E-state index contributed by atoms with van der Waals surface area (Å²) < 4.78 is 48.0. The van der Waals surface area contributed by atoms with Crippen LogP contribution >= 0.6 is 0 Å². The Morgan fingerprint density at radius 2 is 1.00 bits per heavy atom. The van der Waals surface area contributed by atoms with E-state index in [9.17, 15) is 0 Å². The Balaban J connectivity index is 1.07. The Morgan fingerprint density at radius 1 is 0.385 bits per heavy atom. The summed E-state index contributed by atoms with van der Waals surface area (Å²) in [6.45, 7) is 0. The topological polar surface area (TPSA) is 16.4 Å². The molecular weight excluding hydrogens is 631 g/mol. The average molecular weight is 669 g/mol. The molecule has 10 rings (SSSR count). The summed E-state index contributed by atoms with van der Waals surface area (Å²) in [6.07, 6.45) is 0. The molecule has 0 saturated heterocycles. The predicted molar refractivity (Wildman–Crippen MR) is 220 cm³/mol. The van der Waals surface area contributed by atoms with Crippen LogP contribution in [0.4, 0.5) is 17.1 Å². The largest absolute Gasteiger partial charge is 0.455 e. The van der Waals surface area contributed by atoms with Crippen LogP contribution in [0.5, 0.6) is 0 Å². The molecule has 1 aromatic heterocycles. The van der Waals surface area contributed by atoms with E-state index in [1.54, 1.807) is 0 Å². The SMILES string of the molecule is [2H]c1c([2H])c([2H])c(-c2ccc(N(c3ccc(-c4ccc5oc6c(-c7ccccc7)cccc6c5c4)cc3)c3ccc4ccc5ccccc5c4c3)cc2)c([2H])c1[2H]. The van der Waals surface area contributed by atoms with Gasteiger partial charge in [0.1, 0.15) is 11.2 Å². The highest BCUT2D eigenvalue weighted by atomic mass is 16.3. The smallest absolute Gasteiger partial charge is 0.143 e. The van der Waals surface area contributed by atoms with Crippen LogP contribution in [0.15, 0.2) is 204 Å². The zero-order valence-electron chi connectivity index (χ0n) is 33.0. The summed E-state index contributed by atoms with van der Waals surface area (Å²) >= 11 is 0. The van der Waals surface area contributed by atoms with Crippen molar-refractivity contribution in [2.45, 2.75) is 0 Å². The van der Waals surface area contributed by atoms with Gasteiger partial charge in [0.05, 0.1) is 6.85 Å². The summed E-state index contributed by atoms with van der Waals surface area (Å²) in [5.41, 5.74) is 9.54. The number of para-hydroxylation sites is 1. The van der Waals surface area contributed by atoms with Crippen LogP contribution in [0, 0.1) is 0 Å². The first-order chi connectivity index (χ1) is 27.8. The highest BCUT2D eigenvalue weighted by Gasteiger charge is 2.16. The standard InChI is InChI=1S/C50H33NO/c1-3-10-34(11-4-1)35-20-26-41(27-21-35)51(43-30-24-39-19-18-38-14-7-8-15-44(38)47(39)33-43)42-28-22-36(23-29-42)40-25-31-49-48(32-40)46-17-9-16-45(50(46)52-49)37-12-5-2-6-13-37/h1-33H/i1D,3D,4D,10D,11D. The average Bonchev–Trinajstić information content (AvgIpc) is 3.64. The van der Waals surface area contributed by atoms with E-state index in [2.05, 4.69) is 132 Å². The van der Waals surface area contributed by atoms with Gasteiger partial charge in [0.25, 0.3) is 0 Å². The summed E-state index contributed by atoms with van der Waals surface area (Å²) in [7, 11) is 0. The number of hydrogen-bond donors (Lipinski definition) is 0. The van der Waals surface area contributed by atoms with E-state index in [1.165, 1.54) is 10.8 Å². The minimum atomic E-state index is -0.404. The third kappa shape index (κ3) is 5.21. The van der Waals surface area contributed by atoms with Gasteiger partial charge >= 0.3 is 0 Å². The number of anilines is 3. The van der Waals surface area contributed by atoms with Gasteiger partial charge in [-0.05, 0) is 97.9 Å². The predicted octanol–water partition coefficient (Wildman–Crippen LogP) is 14.4. The van der Waals surface area contributed by atoms with E-state index in [0.717, 1.165) is 72.0 Å². The second-order valence-electron chi connectivity index (χ2n) is 13.0. The Hall–Kier alpha value is -6.90. The van der Waals surface area contributed by atoms with Gasteiger partial charge in [-0.2, -0.15) is 0 Å². The zero-order chi connectivity index (χ0) is 38.8. The number of fused-ring (bicyclic) bond motifs is 6. The maximum atomic E-state index is 8.55. The summed E-state index contributed by atoms with van der Waals surface area (Å²) in [4.78, 5) is 2.19. The number of furan rings is 1.